The van der Waals surface area contributed by atoms with E-state index in [1.54, 1.807) is 47.4 Å². The molecule has 8 heteroatoms. The van der Waals surface area contributed by atoms with E-state index in [-0.39, 0.29) is 12.2 Å². The minimum Gasteiger partial charge on any atom is -0.839 e. The number of nitrogens with one attached hydrogen (secondary N) is 1. The van der Waals surface area contributed by atoms with Gasteiger partial charge in [0.25, 0.3) is 11.6 Å². The van der Waals surface area contributed by atoms with Crippen LogP contribution in [0.1, 0.15) is 21.6 Å². The van der Waals surface area contributed by atoms with Gasteiger partial charge >= 0.3 is 0 Å². The molecule has 0 bridgehead atoms. The Labute approximate surface area is 154 Å². The van der Waals surface area contributed by atoms with Gasteiger partial charge in [-0.1, -0.05) is 6.07 Å². The number of hydrogen-bond acceptors (Lipinski definition) is 5. The topological polar surface area (TPSA) is 99.1 Å². The van der Waals surface area contributed by atoms with Crippen LogP contribution in [-0.2, 0) is 6.54 Å². The highest BCUT2D eigenvalue weighted by Gasteiger charge is 2.25. The molecule has 0 saturated heterocycles. The fraction of sp³-hybridized carbons (Fsp3) is 0.105. The standard InChI is InChI=1S/C19H16N6O2/c1-13-5-6-22-15(8-13)23-18(26)17-19(27)25(11-14-9-20-12-21-10-14)16-4-2-3-7-24(16)17/h2-10,12H,11H2,1H3,(H-,22,23,26,27). The number of aryl methyl sites for hydroxylation is 1. The van der Waals surface area contributed by atoms with Crippen LogP contribution in [0.15, 0.2) is 61.4 Å². The summed E-state index contributed by atoms with van der Waals surface area (Å²) in [5.41, 5.74) is 2.35. The molecule has 0 aromatic carbocycles. The first-order valence-electron chi connectivity index (χ1n) is 8.31. The number of rotatable bonds is 4. The third-order valence-electron chi connectivity index (χ3n) is 4.13. The average molecular weight is 360 g/mol. The van der Waals surface area contributed by atoms with Crippen LogP contribution in [-0.4, -0.2) is 25.3 Å². The number of nitrogens with zero attached hydrogens (tertiary/aromatic N) is 5. The Hall–Kier alpha value is -3.81. The van der Waals surface area contributed by atoms with Crippen molar-refractivity contribution < 1.29 is 14.5 Å². The molecular weight excluding hydrogens is 344 g/mol. The number of carbonyl (C=O) groups excluding carboxylic acids is 1. The zero-order valence-corrected chi connectivity index (χ0v) is 14.5. The van der Waals surface area contributed by atoms with Crippen LogP contribution in [0.4, 0.5) is 5.82 Å². The SMILES string of the molecule is Cc1ccnc(NC(=O)c2c([O-])[n+](Cc3cncnc3)c3ccccn23)c1. The molecule has 0 spiro atoms. The van der Waals surface area contributed by atoms with Crippen molar-refractivity contribution in [3.8, 4) is 5.88 Å². The minimum atomic E-state index is -0.512. The van der Waals surface area contributed by atoms with E-state index in [9.17, 15) is 9.90 Å². The van der Waals surface area contributed by atoms with Crippen LogP contribution in [0.3, 0.4) is 0 Å². The molecule has 4 aromatic heterocycles. The fourth-order valence-corrected chi connectivity index (χ4v) is 2.91. The second kappa shape index (κ2) is 6.83. The largest absolute Gasteiger partial charge is 0.839 e. The summed E-state index contributed by atoms with van der Waals surface area (Å²) in [6, 6.07) is 8.94. The summed E-state index contributed by atoms with van der Waals surface area (Å²) < 4.78 is 3.11. The molecule has 0 aliphatic rings. The van der Waals surface area contributed by atoms with E-state index in [2.05, 4.69) is 20.3 Å². The number of carbonyl (C=O) groups is 1. The van der Waals surface area contributed by atoms with Crippen LogP contribution >= 0.6 is 0 Å². The Morgan fingerprint density at radius 2 is 2.07 bits per heavy atom. The summed E-state index contributed by atoms with van der Waals surface area (Å²) in [5, 5.41) is 15.7. The van der Waals surface area contributed by atoms with Gasteiger partial charge in [-0.15, -0.1) is 0 Å². The molecule has 0 fully saturated rings. The monoisotopic (exact) mass is 360 g/mol. The van der Waals surface area contributed by atoms with Crippen molar-refractivity contribution in [1.82, 2.24) is 19.4 Å². The predicted molar refractivity (Wildman–Crippen MR) is 95.1 cm³/mol. The maximum absolute atomic E-state index is 13.0. The summed E-state index contributed by atoms with van der Waals surface area (Å²) in [5.74, 6) is -0.508. The van der Waals surface area contributed by atoms with Gasteiger partial charge in [-0.2, -0.15) is 4.40 Å². The van der Waals surface area contributed by atoms with Crippen molar-refractivity contribution in [3.05, 3.63) is 78.3 Å². The van der Waals surface area contributed by atoms with Crippen LogP contribution in [0.5, 0.6) is 5.88 Å². The molecular formula is C19H16N6O2. The maximum Gasteiger partial charge on any atom is 0.300 e. The highest BCUT2D eigenvalue weighted by Crippen LogP contribution is 2.17. The number of aromatic nitrogens is 5. The summed E-state index contributed by atoms with van der Waals surface area (Å²) in [6.07, 6.45) is 8.00. The molecule has 4 rings (SSSR count). The zero-order chi connectivity index (χ0) is 18.8. The molecule has 134 valence electrons. The lowest BCUT2D eigenvalue weighted by atomic mass is 10.3. The summed E-state index contributed by atoms with van der Waals surface area (Å²) in [7, 11) is 0. The van der Waals surface area contributed by atoms with E-state index in [1.165, 1.54) is 10.9 Å². The second-order valence-corrected chi connectivity index (χ2v) is 6.09. The number of pyridine rings is 2. The molecule has 4 heterocycles. The Balaban J connectivity index is 1.76. The van der Waals surface area contributed by atoms with Gasteiger partial charge in [0.15, 0.2) is 0 Å². The molecule has 27 heavy (non-hydrogen) atoms. The highest BCUT2D eigenvalue weighted by molar-refractivity contribution is 6.04. The number of fused-ring (bicyclic) bond motifs is 1. The van der Waals surface area contributed by atoms with Crippen molar-refractivity contribution >= 4 is 17.4 Å². The van der Waals surface area contributed by atoms with E-state index >= 15 is 0 Å². The fourth-order valence-electron chi connectivity index (χ4n) is 2.91. The predicted octanol–water partition coefficient (Wildman–Crippen LogP) is 1.09. The van der Waals surface area contributed by atoms with Crippen LogP contribution in [0.25, 0.3) is 5.65 Å². The molecule has 0 saturated carbocycles. The first-order chi connectivity index (χ1) is 13.1. The Bertz CT molecular complexity index is 1120. The molecule has 0 radical (unpaired) electrons. The number of imidazole rings is 1. The smallest absolute Gasteiger partial charge is 0.300 e. The first-order valence-corrected chi connectivity index (χ1v) is 8.31. The average Bonchev–Trinajstić information content (AvgIpc) is 2.94. The van der Waals surface area contributed by atoms with Crippen molar-refractivity contribution in [2.75, 3.05) is 5.32 Å². The lowest BCUT2D eigenvalue weighted by Gasteiger charge is -2.07. The third kappa shape index (κ3) is 3.20. The van der Waals surface area contributed by atoms with Crippen molar-refractivity contribution in [1.29, 1.82) is 0 Å². The van der Waals surface area contributed by atoms with Gasteiger partial charge < -0.3 is 10.4 Å². The quantitative estimate of drug-likeness (QED) is 0.549. The van der Waals surface area contributed by atoms with Gasteiger partial charge in [-0.05, 0) is 30.7 Å². The zero-order valence-electron chi connectivity index (χ0n) is 14.5. The second-order valence-electron chi connectivity index (χ2n) is 6.09. The minimum absolute atomic E-state index is 0.0192. The van der Waals surface area contributed by atoms with E-state index in [0.29, 0.717) is 11.5 Å². The molecule has 0 aliphatic heterocycles. The van der Waals surface area contributed by atoms with Crippen molar-refractivity contribution in [3.63, 3.8) is 0 Å². The van der Waals surface area contributed by atoms with Crippen molar-refractivity contribution in [2.45, 2.75) is 13.5 Å². The molecule has 8 nitrogen and oxygen atoms in total. The van der Waals surface area contributed by atoms with Gasteiger partial charge in [-0.3, -0.25) is 4.79 Å². The Morgan fingerprint density at radius 1 is 1.26 bits per heavy atom. The summed E-state index contributed by atoms with van der Waals surface area (Å²) in [4.78, 5) is 24.9. The van der Waals surface area contributed by atoms with Crippen LogP contribution in [0.2, 0.25) is 0 Å². The van der Waals surface area contributed by atoms with Gasteiger partial charge in [-0.25, -0.2) is 19.5 Å². The lowest BCUT2D eigenvalue weighted by Crippen LogP contribution is -2.37. The molecule has 4 aromatic rings. The van der Waals surface area contributed by atoms with Crippen molar-refractivity contribution in [2.24, 2.45) is 0 Å². The number of hydrogen-bond donors (Lipinski definition) is 1. The highest BCUT2D eigenvalue weighted by atomic mass is 16.3. The van der Waals surface area contributed by atoms with Gasteiger partial charge in [0.05, 0.1) is 6.20 Å². The Morgan fingerprint density at radius 3 is 2.85 bits per heavy atom. The molecule has 0 aliphatic carbocycles. The van der Waals surface area contributed by atoms with E-state index < -0.39 is 11.8 Å². The van der Waals surface area contributed by atoms with E-state index in [1.807, 2.05) is 19.1 Å². The van der Waals surface area contributed by atoms with Crippen LogP contribution in [0, 0.1) is 6.92 Å². The summed E-state index contributed by atoms with van der Waals surface area (Å²) in [6.45, 7) is 2.17. The van der Waals surface area contributed by atoms with Gasteiger partial charge in [0.1, 0.15) is 24.6 Å². The van der Waals surface area contributed by atoms with E-state index in [0.717, 1.165) is 11.1 Å². The number of amides is 1. The lowest BCUT2D eigenvalue weighted by molar-refractivity contribution is -0.704. The van der Waals surface area contributed by atoms with Gasteiger partial charge in [0, 0.05) is 30.2 Å². The van der Waals surface area contributed by atoms with Gasteiger partial charge in [0.2, 0.25) is 5.69 Å². The Kier molecular flexibility index (Phi) is 4.21. The molecule has 1 amide bonds. The third-order valence-corrected chi connectivity index (χ3v) is 4.13. The maximum atomic E-state index is 13.0. The normalized spacial score (nSPS) is 10.9. The first kappa shape index (κ1) is 16.6. The molecule has 0 atom stereocenters. The summed E-state index contributed by atoms with van der Waals surface area (Å²) >= 11 is 0. The molecule has 1 N–H and O–H groups in total. The molecule has 0 unspecified atom stereocenters. The van der Waals surface area contributed by atoms with Crippen LogP contribution < -0.4 is 15.0 Å². The van der Waals surface area contributed by atoms with E-state index in [4.69, 9.17) is 0 Å². The number of anilines is 1.